The quantitative estimate of drug-likeness (QED) is 0.809. The van der Waals surface area contributed by atoms with Gasteiger partial charge < -0.3 is 0 Å². The maximum atomic E-state index is 8.83. The third kappa shape index (κ3) is 2.55. The monoisotopic (exact) mass is 240 g/mol. The van der Waals surface area contributed by atoms with Crippen LogP contribution in [0.2, 0.25) is 5.02 Å². The van der Waals surface area contributed by atoms with Gasteiger partial charge in [-0.15, -0.1) is 0 Å². The van der Waals surface area contributed by atoms with Crippen molar-refractivity contribution in [3.63, 3.8) is 0 Å². The van der Waals surface area contributed by atoms with E-state index in [1.54, 1.807) is 4.68 Å². The van der Waals surface area contributed by atoms with Gasteiger partial charge in [-0.05, 0) is 20.4 Å². The summed E-state index contributed by atoms with van der Waals surface area (Å²) in [6.07, 6.45) is 0.824. The lowest BCUT2D eigenvalue weighted by Crippen LogP contribution is -2.28. The summed E-state index contributed by atoms with van der Waals surface area (Å²) in [4.78, 5) is 1.95. The SMILES string of the molecule is CCc1nn(C)c(CN(C)C(C)C#N)c1Cl. The molecule has 1 atom stereocenters. The molecule has 0 aliphatic heterocycles. The van der Waals surface area contributed by atoms with Crippen molar-refractivity contribution in [2.75, 3.05) is 7.05 Å². The summed E-state index contributed by atoms with van der Waals surface area (Å²) >= 11 is 6.23. The second-order valence-corrected chi connectivity index (χ2v) is 4.28. The average Bonchev–Trinajstić information content (AvgIpc) is 2.55. The second-order valence-electron chi connectivity index (χ2n) is 3.90. The highest BCUT2D eigenvalue weighted by Gasteiger charge is 2.16. The van der Waals surface area contributed by atoms with Gasteiger partial charge in [0.2, 0.25) is 0 Å². The van der Waals surface area contributed by atoms with Crippen molar-refractivity contribution in [2.45, 2.75) is 32.9 Å². The molecule has 88 valence electrons. The third-order valence-corrected chi connectivity index (χ3v) is 3.19. The predicted octanol–water partition coefficient (Wildman–Crippen LogP) is 1.98. The van der Waals surface area contributed by atoms with Crippen LogP contribution in [-0.4, -0.2) is 27.8 Å². The average molecular weight is 241 g/mol. The number of nitrogens with zero attached hydrogens (tertiary/aromatic N) is 4. The standard InChI is InChI=1S/C11H17ClN4/c1-5-9-11(12)10(16(4)14-9)7-15(3)8(2)6-13/h8H,5,7H2,1-4H3. The Morgan fingerprint density at radius 3 is 2.69 bits per heavy atom. The normalized spacial score (nSPS) is 12.8. The number of hydrogen-bond acceptors (Lipinski definition) is 3. The minimum absolute atomic E-state index is 0.129. The molecule has 0 aromatic carbocycles. The molecule has 0 spiro atoms. The molecule has 4 nitrogen and oxygen atoms in total. The highest BCUT2D eigenvalue weighted by atomic mass is 35.5. The van der Waals surface area contributed by atoms with Gasteiger partial charge in [-0.2, -0.15) is 10.4 Å². The molecule has 0 saturated heterocycles. The first-order chi connectivity index (χ1) is 7.51. The lowest BCUT2D eigenvalue weighted by molar-refractivity contribution is 0.286. The van der Waals surface area contributed by atoms with Gasteiger partial charge in [0.25, 0.3) is 0 Å². The summed E-state index contributed by atoms with van der Waals surface area (Å²) < 4.78 is 1.79. The highest BCUT2D eigenvalue weighted by Crippen LogP contribution is 2.22. The summed E-state index contributed by atoms with van der Waals surface area (Å²) in [7, 11) is 3.79. The molecule has 1 unspecified atom stereocenters. The van der Waals surface area contributed by atoms with Gasteiger partial charge >= 0.3 is 0 Å². The smallest absolute Gasteiger partial charge is 0.0950 e. The largest absolute Gasteiger partial charge is 0.285 e. The Kier molecular flexibility index (Phi) is 4.34. The van der Waals surface area contributed by atoms with Crippen LogP contribution in [0.3, 0.4) is 0 Å². The lowest BCUT2D eigenvalue weighted by atomic mass is 10.2. The fourth-order valence-corrected chi connectivity index (χ4v) is 1.82. The molecular formula is C11H17ClN4. The van der Waals surface area contributed by atoms with Crippen LogP contribution in [0.5, 0.6) is 0 Å². The van der Waals surface area contributed by atoms with Gasteiger partial charge in [0, 0.05) is 13.6 Å². The van der Waals surface area contributed by atoms with Crippen molar-refractivity contribution in [2.24, 2.45) is 7.05 Å². The van der Waals surface area contributed by atoms with Crippen LogP contribution in [0.15, 0.2) is 0 Å². The molecule has 1 aromatic rings. The summed E-state index contributed by atoms with van der Waals surface area (Å²) in [5.41, 5.74) is 1.88. The zero-order valence-corrected chi connectivity index (χ0v) is 10.9. The summed E-state index contributed by atoms with van der Waals surface area (Å²) in [6, 6.07) is 2.07. The Labute approximate surface area is 101 Å². The van der Waals surface area contributed by atoms with Crippen molar-refractivity contribution in [1.29, 1.82) is 5.26 Å². The predicted molar refractivity (Wildman–Crippen MR) is 64.1 cm³/mol. The number of halogens is 1. The minimum atomic E-state index is -0.129. The Balaban J connectivity index is 2.90. The van der Waals surface area contributed by atoms with Crippen LogP contribution in [-0.2, 0) is 20.0 Å². The zero-order chi connectivity index (χ0) is 12.3. The van der Waals surface area contributed by atoms with Crippen LogP contribution in [0.4, 0.5) is 0 Å². The lowest BCUT2D eigenvalue weighted by Gasteiger charge is -2.18. The Hall–Kier alpha value is -1.05. The molecule has 0 bridgehead atoms. The molecule has 1 aromatic heterocycles. The van der Waals surface area contributed by atoms with Crippen LogP contribution >= 0.6 is 11.6 Å². The number of aromatic nitrogens is 2. The van der Waals surface area contributed by atoms with E-state index in [0.29, 0.717) is 6.54 Å². The van der Waals surface area contributed by atoms with E-state index in [2.05, 4.69) is 11.2 Å². The highest BCUT2D eigenvalue weighted by molar-refractivity contribution is 6.31. The van der Waals surface area contributed by atoms with Gasteiger partial charge in [0.1, 0.15) is 0 Å². The summed E-state index contributed by atoms with van der Waals surface area (Å²) in [5, 5.41) is 13.9. The van der Waals surface area contributed by atoms with E-state index in [9.17, 15) is 0 Å². The summed E-state index contributed by atoms with van der Waals surface area (Å²) in [5.74, 6) is 0. The number of nitriles is 1. The molecule has 1 heterocycles. The molecule has 5 heteroatoms. The van der Waals surface area contributed by atoms with Crippen LogP contribution in [0.25, 0.3) is 0 Å². The first-order valence-corrected chi connectivity index (χ1v) is 5.69. The fourth-order valence-electron chi connectivity index (χ4n) is 1.46. The molecule has 0 aliphatic carbocycles. The van der Waals surface area contributed by atoms with Gasteiger partial charge in [-0.3, -0.25) is 9.58 Å². The maximum Gasteiger partial charge on any atom is 0.0950 e. The molecule has 0 amide bonds. The summed E-state index contributed by atoms with van der Waals surface area (Å²) in [6.45, 7) is 4.53. The van der Waals surface area contributed by atoms with Crippen LogP contribution in [0.1, 0.15) is 25.2 Å². The van der Waals surface area contributed by atoms with Gasteiger partial charge in [0.15, 0.2) is 0 Å². The van der Waals surface area contributed by atoms with E-state index < -0.39 is 0 Å². The van der Waals surface area contributed by atoms with Crippen molar-refractivity contribution in [3.05, 3.63) is 16.4 Å². The minimum Gasteiger partial charge on any atom is -0.285 e. The Morgan fingerprint density at radius 2 is 2.25 bits per heavy atom. The first-order valence-electron chi connectivity index (χ1n) is 5.31. The molecule has 0 radical (unpaired) electrons. The molecule has 1 rings (SSSR count). The fraction of sp³-hybridized carbons (Fsp3) is 0.636. The molecule has 0 aliphatic rings. The topological polar surface area (TPSA) is 44.9 Å². The van der Waals surface area contributed by atoms with E-state index in [1.165, 1.54) is 0 Å². The van der Waals surface area contributed by atoms with E-state index in [1.807, 2.05) is 32.8 Å². The van der Waals surface area contributed by atoms with Gasteiger partial charge in [-0.1, -0.05) is 18.5 Å². The van der Waals surface area contributed by atoms with Crippen molar-refractivity contribution in [1.82, 2.24) is 14.7 Å². The van der Waals surface area contributed by atoms with Crippen molar-refractivity contribution < 1.29 is 0 Å². The Bertz CT molecular complexity index is 405. The van der Waals surface area contributed by atoms with Crippen LogP contribution < -0.4 is 0 Å². The molecule has 16 heavy (non-hydrogen) atoms. The third-order valence-electron chi connectivity index (χ3n) is 2.75. The van der Waals surface area contributed by atoms with E-state index in [0.717, 1.165) is 22.8 Å². The van der Waals surface area contributed by atoms with Gasteiger partial charge in [-0.25, -0.2) is 0 Å². The molecule has 0 fully saturated rings. The van der Waals surface area contributed by atoms with E-state index in [4.69, 9.17) is 16.9 Å². The number of hydrogen-bond donors (Lipinski definition) is 0. The van der Waals surface area contributed by atoms with E-state index >= 15 is 0 Å². The van der Waals surface area contributed by atoms with Gasteiger partial charge in [0.05, 0.1) is 28.5 Å². The number of aryl methyl sites for hydroxylation is 2. The van der Waals surface area contributed by atoms with E-state index in [-0.39, 0.29) is 6.04 Å². The number of rotatable bonds is 4. The molecule has 0 saturated carbocycles. The molecular weight excluding hydrogens is 224 g/mol. The van der Waals surface area contributed by atoms with Crippen molar-refractivity contribution >= 4 is 11.6 Å². The second kappa shape index (κ2) is 5.33. The van der Waals surface area contributed by atoms with Crippen LogP contribution in [0, 0.1) is 11.3 Å². The zero-order valence-electron chi connectivity index (χ0n) is 10.2. The first kappa shape index (κ1) is 13.0. The Morgan fingerprint density at radius 1 is 1.62 bits per heavy atom. The molecule has 0 N–H and O–H groups in total. The maximum absolute atomic E-state index is 8.83. The van der Waals surface area contributed by atoms with Crippen molar-refractivity contribution in [3.8, 4) is 6.07 Å².